The number of fused-ring (bicyclic) bond motifs is 1. The van der Waals surface area contributed by atoms with Crippen LogP contribution in [0.4, 0.5) is 5.82 Å². The summed E-state index contributed by atoms with van der Waals surface area (Å²) in [5, 5.41) is 0.380. The molecule has 0 aromatic carbocycles. The van der Waals surface area contributed by atoms with Gasteiger partial charge in [-0.25, -0.2) is 19.9 Å². The molecule has 1 atom stereocenters. The van der Waals surface area contributed by atoms with Crippen LogP contribution in [0.2, 0.25) is 0 Å². The molecule has 0 radical (unpaired) electrons. The van der Waals surface area contributed by atoms with Crippen LogP contribution in [0.25, 0.3) is 11.0 Å². The topological polar surface area (TPSA) is 99.6 Å². The molecule has 126 valence electrons. The molecule has 0 spiro atoms. The van der Waals surface area contributed by atoms with Crippen molar-refractivity contribution < 1.29 is 4.21 Å². The number of pyridine rings is 1. The lowest BCUT2D eigenvalue weighted by molar-refractivity contribution is 0.651. The van der Waals surface area contributed by atoms with Gasteiger partial charge < -0.3 is 10.3 Å². The highest BCUT2D eigenvalue weighted by Crippen LogP contribution is 2.26. The summed E-state index contributed by atoms with van der Waals surface area (Å²) in [5.41, 5.74) is 9.74. The van der Waals surface area contributed by atoms with Gasteiger partial charge in [0.1, 0.15) is 11.3 Å². The minimum absolute atomic E-state index is 0.380. The molecular weight excluding hydrogens is 324 g/mol. The van der Waals surface area contributed by atoms with Crippen LogP contribution in [0.15, 0.2) is 23.6 Å². The highest BCUT2D eigenvalue weighted by atomic mass is 32.2. The molecule has 0 saturated carbocycles. The summed E-state index contributed by atoms with van der Waals surface area (Å²) in [6.45, 7) is 6.63. The zero-order valence-electron chi connectivity index (χ0n) is 14.0. The maximum absolute atomic E-state index is 12.2. The maximum Gasteiger partial charge on any atom is 0.218 e. The molecule has 3 rings (SSSR count). The lowest BCUT2D eigenvalue weighted by atomic mass is 10.2. The third-order valence-electron chi connectivity index (χ3n) is 4.04. The SMILES string of the molecule is Cc1nc(N)c2nc(C)n(CCCS(=O)c3ncccn3)c2c1C. The predicted octanol–water partition coefficient (Wildman–Crippen LogP) is 1.93. The zero-order chi connectivity index (χ0) is 17.3. The molecule has 2 N–H and O–H groups in total. The first-order valence-corrected chi connectivity index (χ1v) is 9.06. The van der Waals surface area contributed by atoms with Crippen molar-refractivity contribution in [3.8, 4) is 0 Å². The standard InChI is InChI=1S/C16H20N6OS/c1-10-11(2)20-15(17)13-14(10)22(12(3)21-13)8-5-9-24(23)16-18-6-4-7-19-16/h4,6-7H,5,8-9H2,1-3H3,(H2,17,20). The van der Waals surface area contributed by atoms with Crippen molar-refractivity contribution in [2.75, 3.05) is 11.5 Å². The Morgan fingerprint density at radius 2 is 1.88 bits per heavy atom. The average molecular weight is 344 g/mol. The van der Waals surface area contributed by atoms with Crippen molar-refractivity contribution in [2.24, 2.45) is 0 Å². The molecule has 3 heterocycles. The van der Waals surface area contributed by atoms with E-state index in [4.69, 9.17) is 5.73 Å². The monoisotopic (exact) mass is 344 g/mol. The molecule has 0 fully saturated rings. The Balaban J connectivity index is 1.81. The van der Waals surface area contributed by atoms with Crippen LogP contribution in [0.3, 0.4) is 0 Å². The Hall–Kier alpha value is -2.35. The van der Waals surface area contributed by atoms with Crippen LogP contribution in [0.1, 0.15) is 23.5 Å². The number of nitrogen functional groups attached to an aromatic ring is 1. The number of hydrogen-bond acceptors (Lipinski definition) is 6. The van der Waals surface area contributed by atoms with Crippen LogP contribution >= 0.6 is 0 Å². The smallest absolute Gasteiger partial charge is 0.218 e. The molecule has 0 amide bonds. The Bertz CT molecular complexity index is 906. The van der Waals surface area contributed by atoms with E-state index in [1.165, 1.54) is 0 Å². The second-order valence-corrected chi connectivity index (χ2v) is 7.11. The van der Waals surface area contributed by atoms with Gasteiger partial charge in [-0.05, 0) is 38.8 Å². The highest BCUT2D eigenvalue weighted by Gasteiger charge is 2.15. The molecule has 0 bridgehead atoms. The fraction of sp³-hybridized carbons (Fsp3) is 0.375. The van der Waals surface area contributed by atoms with E-state index in [0.29, 0.717) is 23.3 Å². The van der Waals surface area contributed by atoms with Crippen molar-refractivity contribution >= 4 is 27.7 Å². The van der Waals surface area contributed by atoms with Gasteiger partial charge in [-0.15, -0.1) is 0 Å². The number of nitrogens with two attached hydrogens (primary N) is 1. The van der Waals surface area contributed by atoms with Crippen molar-refractivity contribution in [1.29, 1.82) is 0 Å². The molecular formula is C16H20N6OS. The number of hydrogen-bond donors (Lipinski definition) is 1. The van der Waals surface area contributed by atoms with E-state index < -0.39 is 10.8 Å². The number of imidazole rings is 1. The van der Waals surface area contributed by atoms with E-state index in [2.05, 4.69) is 24.5 Å². The van der Waals surface area contributed by atoms with Gasteiger partial charge in [-0.3, -0.25) is 4.21 Å². The van der Waals surface area contributed by atoms with Gasteiger partial charge in [0.05, 0.1) is 16.3 Å². The summed E-state index contributed by atoms with van der Waals surface area (Å²) in [5.74, 6) is 1.84. The first-order chi connectivity index (χ1) is 11.5. The van der Waals surface area contributed by atoms with Gasteiger partial charge in [-0.2, -0.15) is 0 Å². The second-order valence-electron chi connectivity index (χ2n) is 5.65. The van der Waals surface area contributed by atoms with E-state index in [9.17, 15) is 4.21 Å². The summed E-state index contributed by atoms with van der Waals surface area (Å²) < 4.78 is 14.4. The molecule has 0 aliphatic rings. The molecule has 8 heteroatoms. The number of rotatable bonds is 5. The van der Waals surface area contributed by atoms with Crippen molar-refractivity contribution in [2.45, 2.75) is 38.9 Å². The fourth-order valence-electron chi connectivity index (χ4n) is 2.73. The van der Waals surface area contributed by atoms with Gasteiger partial charge >= 0.3 is 0 Å². The maximum atomic E-state index is 12.2. The van der Waals surface area contributed by atoms with Crippen LogP contribution in [-0.2, 0) is 17.3 Å². The largest absolute Gasteiger partial charge is 0.382 e. The number of anilines is 1. The van der Waals surface area contributed by atoms with Gasteiger partial charge in [0.2, 0.25) is 5.16 Å². The van der Waals surface area contributed by atoms with Gasteiger partial charge in [0.25, 0.3) is 0 Å². The summed E-state index contributed by atoms with van der Waals surface area (Å²) in [4.78, 5) is 17.0. The van der Waals surface area contributed by atoms with Crippen LogP contribution in [0, 0.1) is 20.8 Å². The van der Waals surface area contributed by atoms with E-state index >= 15 is 0 Å². The molecule has 3 aromatic heterocycles. The number of aromatic nitrogens is 5. The molecule has 7 nitrogen and oxygen atoms in total. The Morgan fingerprint density at radius 3 is 2.58 bits per heavy atom. The quantitative estimate of drug-likeness (QED) is 0.710. The Labute approximate surface area is 142 Å². The minimum Gasteiger partial charge on any atom is -0.382 e. The Morgan fingerprint density at radius 1 is 1.17 bits per heavy atom. The van der Waals surface area contributed by atoms with Crippen molar-refractivity contribution in [3.63, 3.8) is 0 Å². The van der Waals surface area contributed by atoms with Gasteiger partial charge in [-0.1, -0.05) is 0 Å². The van der Waals surface area contributed by atoms with Gasteiger partial charge in [0, 0.05) is 30.4 Å². The second kappa shape index (κ2) is 6.64. The molecule has 1 unspecified atom stereocenters. The third kappa shape index (κ3) is 3.01. The normalized spacial score (nSPS) is 12.6. The van der Waals surface area contributed by atoms with E-state index in [0.717, 1.165) is 34.5 Å². The average Bonchev–Trinajstić information content (AvgIpc) is 2.91. The molecule has 0 saturated heterocycles. The van der Waals surface area contributed by atoms with E-state index in [-0.39, 0.29) is 0 Å². The summed E-state index contributed by atoms with van der Waals surface area (Å²) >= 11 is 0. The fourth-order valence-corrected chi connectivity index (χ4v) is 3.66. The molecule has 0 aliphatic carbocycles. The Kier molecular flexibility index (Phi) is 4.57. The first-order valence-electron chi connectivity index (χ1n) is 7.74. The lowest BCUT2D eigenvalue weighted by Crippen LogP contribution is -2.08. The van der Waals surface area contributed by atoms with Crippen molar-refractivity contribution in [1.82, 2.24) is 24.5 Å². The summed E-state index contributed by atoms with van der Waals surface area (Å²) in [6, 6.07) is 1.71. The first kappa shape index (κ1) is 16.5. The molecule has 3 aromatic rings. The van der Waals surface area contributed by atoms with Crippen molar-refractivity contribution in [3.05, 3.63) is 35.5 Å². The number of nitrogens with zero attached hydrogens (tertiary/aromatic N) is 5. The lowest BCUT2D eigenvalue weighted by Gasteiger charge is -2.10. The van der Waals surface area contributed by atoms with Gasteiger partial charge in [0.15, 0.2) is 5.82 Å². The highest BCUT2D eigenvalue weighted by molar-refractivity contribution is 7.84. The zero-order valence-corrected chi connectivity index (χ0v) is 14.8. The summed E-state index contributed by atoms with van der Waals surface area (Å²) in [7, 11) is -1.19. The third-order valence-corrected chi connectivity index (χ3v) is 5.32. The van der Waals surface area contributed by atoms with E-state index in [1.807, 2.05) is 20.8 Å². The molecule has 24 heavy (non-hydrogen) atoms. The van der Waals surface area contributed by atoms with E-state index in [1.54, 1.807) is 18.5 Å². The molecule has 0 aliphatic heterocycles. The van der Waals surface area contributed by atoms with Crippen LogP contribution in [0.5, 0.6) is 0 Å². The predicted molar refractivity (Wildman–Crippen MR) is 94.1 cm³/mol. The number of aryl methyl sites for hydroxylation is 4. The van der Waals surface area contributed by atoms with Crippen LogP contribution < -0.4 is 5.73 Å². The minimum atomic E-state index is -1.19. The summed E-state index contributed by atoms with van der Waals surface area (Å²) in [6.07, 6.45) is 3.95. The van der Waals surface area contributed by atoms with Crippen LogP contribution in [-0.4, -0.2) is 34.5 Å².